The fourth-order valence-corrected chi connectivity index (χ4v) is 2.95. The third-order valence-corrected chi connectivity index (χ3v) is 4.17. The third kappa shape index (κ3) is 3.26. The quantitative estimate of drug-likeness (QED) is 0.792. The maximum Gasteiger partial charge on any atom is 0.343 e. The molecular formula is C13H20N6OS. The van der Waals surface area contributed by atoms with Gasteiger partial charge in [0.05, 0.1) is 0 Å². The van der Waals surface area contributed by atoms with Gasteiger partial charge >= 0.3 is 5.69 Å². The standard InChI is InChI=1S/C13H20N6OS/c1-5-7-9-15-10(14-4)8(3)11(16-9)21-13-18-17-12(20)19(13)6-2/h5-7H2,1-4H3,(H,17,20)(H,14,15,16). The highest BCUT2D eigenvalue weighted by Crippen LogP contribution is 2.29. The minimum Gasteiger partial charge on any atom is -0.373 e. The molecule has 0 radical (unpaired) electrons. The Morgan fingerprint density at radius 3 is 2.71 bits per heavy atom. The highest BCUT2D eigenvalue weighted by atomic mass is 32.2. The second-order valence-corrected chi connectivity index (χ2v) is 5.53. The summed E-state index contributed by atoms with van der Waals surface area (Å²) in [4.78, 5) is 20.7. The minimum atomic E-state index is -0.200. The second kappa shape index (κ2) is 6.75. The number of hydrogen-bond acceptors (Lipinski definition) is 6. The number of aromatic amines is 1. The molecule has 0 aliphatic rings. The van der Waals surface area contributed by atoms with Crippen molar-refractivity contribution in [2.24, 2.45) is 0 Å². The molecule has 2 aromatic heterocycles. The summed E-state index contributed by atoms with van der Waals surface area (Å²) in [6.07, 6.45) is 1.81. The Balaban J connectivity index is 2.42. The lowest BCUT2D eigenvalue weighted by Gasteiger charge is -2.11. The predicted molar refractivity (Wildman–Crippen MR) is 83.0 cm³/mol. The molecule has 21 heavy (non-hydrogen) atoms. The van der Waals surface area contributed by atoms with Gasteiger partial charge in [0.2, 0.25) is 0 Å². The Morgan fingerprint density at radius 2 is 2.10 bits per heavy atom. The largest absolute Gasteiger partial charge is 0.373 e. The topological polar surface area (TPSA) is 88.5 Å². The predicted octanol–water partition coefficient (Wildman–Crippen LogP) is 1.84. The summed E-state index contributed by atoms with van der Waals surface area (Å²) in [5.74, 6) is 1.62. The first-order valence-electron chi connectivity index (χ1n) is 6.99. The summed E-state index contributed by atoms with van der Waals surface area (Å²) >= 11 is 1.39. The lowest BCUT2D eigenvalue weighted by molar-refractivity contribution is 0.659. The smallest absolute Gasteiger partial charge is 0.343 e. The monoisotopic (exact) mass is 308 g/mol. The van der Waals surface area contributed by atoms with Gasteiger partial charge in [-0.15, -0.1) is 5.10 Å². The van der Waals surface area contributed by atoms with E-state index >= 15 is 0 Å². The van der Waals surface area contributed by atoms with Gasteiger partial charge in [-0.25, -0.2) is 19.9 Å². The SMILES string of the molecule is CCCc1nc(NC)c(C)c(Sc2n[nH]c(=O)n2CC)n1. The van der Waals surface area contributed by atoms with E-state index in [9.17, 15) is 4.79 Å². The third-order valence-electron chi connectivity index (χ3n) is 3.09. The zero-order valence-corrected chi connectivity index (χ0v) is 13.5. The Labute approximate surface area is 127 Å². The molecule has 2 heterocycles. The maximum absolute atomic E-state index is 11.6. The van der Waals surface area contributed by atoms with Crippen LogP contribution in [0.4, 0.5) is 5.82 Å². The van der Waals surface area contributed by atoms with E-state index in [0.29, 0.717) is 11.7 Å². The minimum absolute atomic E-state index is 0.200. The fraction of sp³-hybridized carbons (Fsp3) is 0.538. The molecule has 0 spiro atoms. The van der Waals surface area contributed by atoms with Crippen molar-refractivity contribution in [2.45, 2.75) is 50.3 Å². The van der Waals surface area contributed by atoms with Crippen LogP contribution < -0.4 is 11.0 Å². The lowest BCUT2D eigenvalue weighted by Crippen LogP contribution is -2.16. The van der Waals surface area contributed by atoms with E-state index in [4.69, 9.17) is 0 Å². The number of anilines is 1. The van der Waals surface area contributed by atoms with Crippen LogP contribution in [0.25, 0.3) is 0 Å². The summed E-state index contributed by atoms with van der Waals surface area (Å²) in [6.45, 7) is 6.54. The zero-order valence-electron chi connectivity index (χ0n) is 12.7. The molecule has 0 aliphatic heterocycles. The van der Waals surface area contributed by atoms with E-state index in [1.807, 2.05) is 20.9 Å². The van der Waals surface area contributed by atoms with Gasteiger partial charge in [-0.3, -0.25) is 4.57 Å². The van der Waals surface area contributed by atoms with Crippen LogP contribution in [-0.4, -0.2) is 31.8 Å². The average Bonchev–Trinajstić information content (AvgIpc) is 2.82. The van der Waals surface area contributed by atoms with Crippen LogP contribution in [0, 0.1) is 6.92 Å². The van der Waals surface area contributed by atoms with Gasteiger partial charge in [0.1, 0.15) is 16.7 Å². The molecule has 0 bridgehead atoms. The maximum atomic E-state index is 11.6. The van der Waals surface area contributed by atoms with Gasteiger partial charge in [0, 0.05) is 25.6 Å². The zero-order chi connectivity index (χ0) is 15.4. The van der Waals surface area contributed by atoms with Crippen molar-refractivity contribution in [3.63, 3.8) is 0 Å². The number of H-pyrrole nitrogens is 1. The highest BCUT2D eigenvalue weighted by molar-refractivity contribution is 7.99. The summed E-state index contributed by atoms with van der Waals surface area (Å²) in [6, 6.07) is 0. The molecule has 0 unspecified atom stereocenters. The number of aryl methyl sites for hydroxylation is 1. The van der Waals surface area contributed by atoms with E-state index in [1.165, 1.54) is 11.8 Å². The Hall–Kier alpha value is -1.83. The number of aromatic nitrogens is 5. The Kier molecular flexibility index (Phi) is 5.00. The van der Waals surface area contributed by atoms with Crippen LogP contribution in [-0.2, 0) is 13.0 Å². The van der Waals surface area contributed by atoms with Crippen LogP contribution >= 0.6 is 11.8 Å². The van der Waals surface area contributed by atoms with Crippen LogP contribution in [0.5, 0.6) is 0 Å². The molecule has 0 saturated carbocycles. The van der Waals surface area contributed by atoms with Gasteiger partial charge in [-0.05, 0) is 32.0 Å². The van der Waals surface area contributed by atoms with Crippen molar-refractivity contribution in [1.82, 2.24) is 24.7 Å². The molecule has 114 valence electrons. The summed E-state index contributed by atoms with van der Waals surface area (Å²) in [7, 11) is 1.84. The van der Waals surface area contributed by atoms with Crippen LogP contribution in [0.1, 0.15) is 31.7 Å². The molecule has 7 nitrogen and oxygen atoms in total. The van der Waals surface area contributed by atoms with Crippen molar-refractivity contribution >= 4 is 17.6 Å². The molecule has 2 aromatic rings. The molecule has 8 heteroatoms. The second-order valence-electron chi connectivity index (χ2n) is 4.58. The van der Waals surface area contributed by atoms with Gasteiger partial charge in [0.15, 0.2) is 5.16 Å². The molecule has 0 amide bonds. The Bertz CT molecular complexity index is 678. The van der Waals surface area contributed by atoms with Crippen molar-refractivity contribution < 1.29 is 0 Å². The molecule has 2 rings (SSSR count). The van der Waals surface area contributed by atoms with Gasteiger partial charge in [0.25, 0.3) is 0 Å². The van der Waals surface area contributed by atoms with Gasteiger partial charge in [-0.1, -0.05) is 6.92 Å². The van der Waals surface area contributed by atoms with Gasteiger partial charge < -0.3 is 5.32 Å². The summed E-state index contributed by atoms with van der Waals surface area (Å²) in [5, 5.41) is 11.1. The average molecular weight is 308 g/mol. The molecule has 2 N–H and O–H groups in total. The Morgan fingerprint density at radius 1 is 1.33 bits per heavy atom. The fourth-order valence-electron chi connectivity index (χ4n) is 1.96. The highest BCUT2D eigenvalue weighted by Gasteiger charge is 2.15. The van der Waals surface area contributed by atoms with Crippen LogP contribution in [0.2, 0.25) is 0 Å². The molecular weight excluding hydrogens is 288 g/mol. The van der Waals surface area contributed by atoms with E-state index < -0.39 is 0 Å². The van der Waals surface area contributed by atoms with E-state index in [1.54, 1.807) is 4.57 Å². The first kappa shape index (κ1) is 15.6. The summed E-state index contributed by atoms with van der Waals surface area (Å²) in [5.41, 5.74) is 0.759. The number of rotatable bonds is 6. The number of nitrogens with one attached hydrogen (secondary N) is 2. The molecule has 0 aromatic carbocycles. The van der Waals surface area contributed by atoms with Crippen LogP contribution in [0.15, 0.2) is 15.0 Å². The normalized spacial score (nSPS) is 10.9. The molecule has 0 fully saturated rings. The summed E-state index contributed by atoms with van der Waals surface area (Å²) < 4.78 is 1.59. The van der Waals surface area contributed by atoms with Crippen molar-refractivity contribution in [2.75, 3.05) is 12.4 Å². The van der Waals surface area contributed by atoms with E-state index in [0.717, 1.165) is 35.1 Å². The van der Waals surface area contributed by atoms with Gasteiger partial charge in [-0.2, -0.15) is 0 Å². The van der Waals surface area contributed by atoms with Crippen LogP contribution in [0.3, 0.4) is 0 Å². The van der Waals surface area contributed by atoms with E-state index in [-0.39, 0.29) is 5.69 Å². The molecule has 0 atom stereocenters. The lowest BCUT2D eigenvalue weighted by atomic mass is 10.3. The molecule has 0 saturated heterocycles. The van der Waals surface area contributed by atoms with E-state index in [2.05, 4.69) is 32.4 Å². The number of nitrogens with zero attached hydrogens (tertiary/aromatic N) is 4. The number of hydrogen-bond donors (Lipinski definition) is 2. The van der Waals surface area contributed by atoms with Crippen molar-refractivity contribution in [3.8, 4) is 0 Å². The van der Waals surface area contributed by atoms with Crippen molar-refractivity contribution in [3.05, 3.63) is 21.9 Å². The first-order valence-corrected chi connectivity index (χ1v) is 7.80. The van der Waals surface area contributed by atoms with Crippen molar-refractivity contribution in [1.29, 1.82) is 0 Å². The molecule has 0 aliphatic carbocycles. The first-order chi connectivity index (χ1) is 10.1.